The number of methoxy groups -OCH3 is 2. The van der Waals surface area contributed by atoms with Gasteiger partial charge in [0, 0.05) is 17.6 Å². The summed E-state index contributed by atoms with van der Waals surface area (Å²) in [6.07, 6.45) is 0.562. The molecule has 0 spiro atoms. The van der Waals surface area contributed by atoms with Gasteiger partial charge in [-0.3, -0.25) is 4.79 Å². The number of aromatic amines is 1. The topological polar surface area (TPSA) is 63.3 Å². The first-order valence-corrected chi connectivity index (χ1v) is 9.21. The van der Waals surface area contributed by atoms with Crippen molar-refractivity contribution in [3.05, 3.63) is 57.5 Å². The van der Waals surface area contributed by atoms with Crippen LogP contribution in [0.5, 0.6) is 11.5 Å². The van der Waals surface area contributed by atoms with E-state index in [1.54, 1.807) is 18.2 Å². The zero-order valence-electron chi connectivity index (χ0n) is 16.2. The number of rotatable bonds is 6. The van der Waals surface area contributed by atoms with Gasteiger partial charge in [0.25, 0.3) is 5.91 Å². The largest absolute Gasteiger partial charge is 0.493 e. The van der Waals surface area contributed by atoms with Gasteiger partial charge in [-0.1, -0.05) is 17.7 Å². The van der Waals surface area contributed by atoms with Crippen LogP contribution in [0.3, 0.4) is 0 Å². The minimum atomic E-state index is -0.314. The average molecular weight is 405 g/mol. The predicted octanol–water partition coefficient (Wildman–Crippen LogP) is 4.57. The number of benzene rings is 2. The second kappa shape index (κ2) is 8.10. The van der Waals surface area contributed by atoms with Crippen LogP contribution in [0.4, 0.5) is 4.39 Å². The van der Waals surface area contributed by atoms with Crippen molar-refractivity contribution in [1.29, 1.82) is 0 Å². The molecule has 2 aromatic carbocycles. The van der Waals surface area contributed by atoms with E-state index in [-0.39, 0.29) is 16.7 Å². The highest BCUT2D eigenvalue weighted by Gasteiger charge is 2.19. The monoisotopic (exact) mass is 404 g/mol. The molecule has 1 amide bonds. The van der Waals surface area contributed by atoms with Gasteiger partial charge in [0.1, 0.15) is 5.82 Å². The Bertz CT molecular complexity index is 1050. The zero-order chi connectivity index (χ0) is 20.4. The first-order chi connectivity index (χ1) is 13.4. The molecule has 1 heterocycles. The number of H-pyrrole nitrogens is 1. The third-order valence-electron chi connectivity index (χ3n) is 4.82. The van der Waals surface area contributed by atoms with Crippen LogP contribution in [-0.4, -0.2) is 31.7 Å². The Balaban J connectivity index is 1.78. The minimum absolute atomic E-state index is 0.195. The molecule has 0 bridgehead atoms. The minimum Gasteiger partial charge on any atom is -0.493 e. The molecule has 3 aromatic rings. The van der Waals surface area contributed by atoms with E-state index < -0.39 is 0 Å². The van der Waals surface area contributed by atoms with Crippen molar-refractivity contribution in [3.63, 3.8) is 0 Å². The molecule has 1 aromatic heterocycles. The number of nitrogens with one attached hydrogen (secondary N) is 2. The van der Waals surface area contributed by atoms with E-state index in [0.717, 1.165) is 22.2 Å². The summed E-state index contributed by atoms with van der Waals surface area (Å²) in [5.74, 6) is 0.175. The smallest absolute Gasteiger partial charge is 0.252 e. The fraction of sp³-hybridized carbons (Fsp3) is 0.286. The van der Waals surface area contributed by atoms with Gasteiger partial charge in [0.15, 0.2) is 11.5 Å². The van der Waals surface area contributed by atoms with E-state index in [1.807, 2.05) is 13.8 Å². The standard InChI is InChI=1S/C21H22ClFN2O3/c1-11-5-7-15(23)19-17(11)13(12(2)25-19)9-10-24-21(26)14-6-8-16(27-3)20(28-4)18(14)22/h5-8,25H,9-10H2,1-4H3,(H,24,26). The second-order valence-corrected chi connectivity index (χ2v) is 6.89. The number of hydrogen-bond acceptors (Lipinski definition) is 3. The van der Waals surface area contributed by atoms with Crippen molar-refractivity contribution in [2.24, 2.45) is 0 Å². The molecule has 28 heavy (non-hydrogen) atoms. The van der Waals surface area contributed by atoms with E-state index >= 15 is 0 Å². The Morgan fingerprint density at radius 1 is 1.18 bits per heavy atom. The molecule has 2 N–H and O–H groups in total. The normalized spacial score (nSPS) is 10.9. The highest BCUT2D eigenvalue weighted by molar-refractivity contribution is 6.35. The summed E-state index contributed by atoms with van der Waals surface area (Å²) in [6, 6.07) is 6.44. The molecule has 0 unspecified atom stereocenters. The average Bonchev–Trinajstić information content (AvgIpc) is 3.02. The van der Waals surface area contributed by atoms with Crippen LogP contribution in [0, 0.1) is 19.7 Å². The maximum Gasteiger partial charge on any atom is 0.252 e. The van der Waals surface area contributed by atoms with Crippen LogP contribution in [0.2, 0.25) is 5.02 Å². The number of carbonyl (C=O) groups is 1. The van der Waals surface area contributed by atoms with Gasteiger partial charge in [0.05, 0.1) is 30.3 Å². The number of aromatic nitrogens is 1. The quantitative estimate of drug-likeness (QED) is 0.632. The third kappa shape index (κ3) is 3.52. The summed E-state index contributed by atoms with van der Waals surface area (Å²) >= 11 is 6.30. The maximum atomic E-state index is 14.1. The summed E-state index contributed by atoms with van der Waals surface area (Å²) in [5, 5.41) is 3.93. The lowest BCUT2D eigenvalue weighted by molar-refractivity contribution is 0.0954. The second-order valence-electron chi connectivity index (χ2n) is 6.51. The highest BCUT2D eigenvalue weighted by Crippen LogP contribution is 2.37. The molecular weight excluding hydrogens is 383 g/mol. The molecule has 0 aliphatic carbocycles. The molecule has 148 valence electrons. The van der Waals surface area contributed by atoms with E-state index in [9.17, 15) is 9.18 Å². The third-order valence-corrected chi connectivity index (χ3v) is 5.20. The number of halogens is 2. The van der Waals surface area contributed by atoms with Gasteiger partial charge >= 0.3 is 0 Å². The van der Waals surface area contributed by atoms with Crippen LogP contribution < -0.4 is 14.8 Å². The number of carbonyl (C=O) groups excluding carboxylic acids is 1. The van der Waals surface area contributed by atoms with E-state index in [0.29, 0.717) is 35.5 Å². The molecule has 7 heteroatoms. The van der Waals surface area contributed by atoms with Gasteiger partial charge in [-0.15, -0.1) is 0 Å². The first-order valence-electron chi connectivity index (χ1n) is 8.84. The van der Waals surface area contributed by atoms with Crippen LogP contribution in [0.15, 0.2) is 24.3 Å². The van der Waals surface area contributed by atoms with Crippen LogP contribution in [0.1, 0.15) is 27.2 Å². The summed E-state index contributed by atoms with van der Waals surface area (Å²) in [4.78, 5) is 15.7. The molecule has 3 rings (SSSR count). The molecular formula is C21H22ClFN2O3. The van der Waals surface area contributed by atoms with Crippen molar-refractivity contribution in [1.82, 2.24) is 10.3 Å². The Hall–Kier alpha value is -2.73. The van der Waals surface area contributed by atoms with Gasteiger partial charge < -0.3 is 19.8 Å². The Morgan fingerprint density at radius 2 is 1.93 bits per heavy atom. The van der Waals surface area contributed by atoms with Crippen LogP contribution in [0.25, 0.3) is 10.9 Å². The first kappa shape index (κ1) is 20.0. The Kier molecular flexibility index (Phi) is 5.79. The number of aryl methyl sites for hydroxylation is 2. The van der Waals surface area contributed by atoms with Crippen molar-refractivity contribution in [2.75, 3.05) is 20.8 Å². The lowest BCUT2D eigenvalue weighted by Gasteiger charge is -2.13. The van der Waals surface area contributed by atoms with E-state index in [2.05, 4.69) is 10.3 Å². The van der Waals surface area contributed by atoms with Crippen molar-refractivity contribution < 1.29 is 18.7 Å². The van der Waals surface area contributed by atoms with Crippen molar-refractivity contribution in [2.45, 2.75) is 20.3 Å². The number of amides is 1. The lowest BCUT2D eigenvalue weighted by Crippen LogP contribution is -2.26. The highest BCUT2D eigenvalue weighted by atomic mass is 35.5. The Morgan fingerprint density at radius 3 is 2.61 bits per heavy atom. The lowest BCUT2D eigenvalue weighted by atomic mass is 10.0. The van der Waals surface area contributed by atoms with E-state index in [1.165, 1.54) is 20.3 Å². The van der Waals surface area contributed by atoms with E-state index in [4.69, 9.17) is 21.1 Å². The van der Waals surface area contributed by atoms with Crippen LogP contribution >= 0.6 is 11.6 Å². The molecule has 0 aliphatic heterocycles. The summed E-state index contributed by atoms with van der Waals surface area (Å²) in [6.45, 7) is 4.23. The van der Waals surface area contributed by atoms with Crippen LogP contribution in [-0.2, 0) is 6.42 Å². The van der Waals surface area contributed by atoms with Gasteiger partial charge in [-0.05, 0) is 49.6 Å². The molecule has 0 radical (unpaired) electrons. The zero-order valence-corrected chi connectivity index (χ0v) is 17.0. The molecule has 0 atom stereocenters. The number of hydrogen-bond donors (Lipinski definition) is 2. The fourth-order valence-electron chi connectivity index (χ4n) is 3.42. The number of ether oxygens (including phenoxy) is 2. The molecule has 0 saturated carbocycles. The molecule has 0 fully saturated rings. The van der Waals surface area contributed by atoms with Gasteiger partial charge in [-0.25, -0.2) is 4.39 Å². The molecule has 5 nitrogen and oxygen atoms in total. The fourth-order valence-corrected chi connectivity index (χ4v) is 3.74. The van der Waals surface area contributed by atoms with Crippen molar-refractivity contribution in [3.8, 4) is 11.5 Å². The molecule has 0 aliphatic rings. The summed E-state index contributed by atoms with van der Waals surface area (Å²) in [5.41, 5.74) is 3.68. The SMILES string of the molecule is COc1ccc(C(=O)NCCc2c(C)[nH]c3c(F)ccc(C)c23)c(Cl)c1OC. The Labute approximate surface area is 167 Å². The maximum absolute atomic E-state index is 14.1. The number of fused-ring (bicyclic) bond motifs is 1. The summed E-state index contributed by atoms with van der Waals surface area (Å²) < 4.78 is 24.5. The summed E-state index contributed by atoms with van der Waals surface area (Å²) in [7, 11) is 2.97. The predicted molar refractivity (Wildman–Crippen MR) is 108 cm³/mol. The van der Waals surface area contributed by atoms with Crippen molar-refractivity contribution >= 4 is 28.4 Å². The molecule has 0 saturated heterocycles. The van der Waals surface area contributed by atoms with Gasteiger partial charge in [0.2, 0.25) is 0 Å². The van der Waals surface area contributed by atoms with Gasteiger partial charge in [-0.2, -0.15) is 0 Å².